The fourth-order valence-electron chi connectivity index (χ4n) is 2.40. The van der Waals surface area contributed by atoms with Gasteiger partial charge in [-0.15, -0.1) is 10.2 Å². The molecular formula is C18H19N5O3S. The molecule has 0 unspecified atom stereocenters. The Balaban J connectivity index is 2.13. The van der Waals surface area contributed by atoms with E-state index in [4.69, 9.17) is 9.47 Å². The number of benzene rings is 1. The van der Waals surface area contributed by atoms with Crippen LogP contribution in [0.1, 0.15) is 0 Å². The van der Waals surface area contributed by atoms with Crippen molar-refractivity contribution in [3.63, 3.8) is 0 Å². The molecule has 0 aliphatic carbocycles. The molecule has 0 saturated carbocycles. The minimum atomic E-state index is -0.0966. The second kappa shape index (κ2) is 8.54. The smallest absolute Gasteiger partial charge is 0.230 e. The predicted molar refractivity (Wildman–Crippen MR) is 102 cm³/mol. The number of rotatable bonds is 7. The molecule has 2 aromatic heterocycles. The first-order valence-corrected chi connectivity index (χ1v) is 9.07. The number of methoxy groups -OCH3 is 2. The van der Waals surface area contributed by atoms with Crippen LogP contribution in [0, 0.1) is 0 Å². The van der Waals surface area contributed by atoms with Crippen LogP contribution in [0.5, 0.6) is 11.5 Å². The van der Waals surface area contributed by atoms with Crippen molar-refractivity contribution in [3.8, 4) is 28.6 Å². The lowest BCUT2D eigenvalue weighted by molar-refractivity contribution is -0.118. The largest absolute Gasteiger partial charge is 0.497 e. The third-order valence-corrected chi connectivity index (χ3v) is 4.69. The van der Waals surface area contributed by atoms with E-state index >= 15 is 0 Å². The molecule has 27 heavy (non-hydrogen) atoms. The summed E-state index contributed by atoms with van der Waals surface area (Å²) in [4.78, 5) is 15.8. The second-order valence-electron chi connectivity index (χ2n) is 5.42. The summed E-state index contributed by atoms with van der Waals surface area (Å²) in [6.07, 6.45) is 3.41. The fraction of sp³-hybridized carbons (Fsp3) is 0.222. The molecular weight excluding hydrogens is 366 g/mol. The summed E-state index contributed by atoms with van der Waals surface area (Å²) in [6, 6.07) is 9.23. The molecule has 3 rings (SSSR count). The summed E-state index contributed by atoms with van der Waals surface area (Å²) in [5.74, 6) is 2.01. The van der Waals surface area contributed by atoms with Crippen molar-refractivity contribution in [3.05, 3.63) is 42.7 Å². The van der Waals surface area contributed by atoms with Gasteiger partial charge in [-0.05, 0) is 12.1 Å². The summed E-state index contributed by atoms with van der Waals surface area (Å²) in [5.41, 5.74) is 1.56. The van der Waals surface area contributed by atoms with E-state index in [0.717, 1.165) is 11.3 Å². The Hall–Kier alpha value is -3.07. The lowest BCUT2D eigenvalue weighted by Crippen LogP contribution is -2.20. The van der Waals surface area contributed by atoms with E-state index in [1.54, 1.807) is 39.7 Å². The van der Waals surface area contributed by atoms with Crippen LogP contribution in [0.15, 0.2) is 47.9 Å². The number of carbonyl (C=O) groups is 1. The summed E-state index contributed by atoms with van der Waals surface area (Å²) < 4.78 is 12.6. The summed E-state index contributed by atoms with van der Waals surface area (Å²) >= 11 is 1.29. The Bertz CT molecular complexity index is 908. The van der Waals surface area contributed by atoms with E-state index in [9.17, 15) is 4.79 Å². The Labute approximate surface area is 160 Å². The van der Waals surface area contributed by atoms with Gasteiger partial charge in [-0.2, -0.15) is 0 Å². The number of nitrogens with one attached hydrogen (secondary N) is 1. The quantitative estimate of drug-likeness (QED) is 0.623. The van der Waals surface area contributed by atoms with Gasteiger partial charge in [0.2, 0.25) is 5.91 Å². The molecule has 0 aliphatic heterocycles. The van der Waals surface area contributed by atoms with Gasteiger partial charge in [0.15, 0.2) is 11.0 Å². The zero-order valence-electron chi connectivity index (χ0n) is 15.2. The maximum absolute atomic E-state index is 11.7. The SMILES string of the molecule is CNC(=O)CSc1nnc(-c2cccnc2)n1-c1cc(OC)cc(OC)c1. The number of thioether (sulfide) groups is 1. The van der Waals surface area contributed by atoms with Gasteiger partial charge in [0.05, 0.1) is 25.7 Å². The van der Waals surface area contributed by atoms with Gasteiger partial charge in [-0.1, -0.05) is 11.8 Å². The van der Waals surface area contributed by atoms with Crippen molar-refractivity contribution in [1.29, 1.82) is 0 Å². The third kappa shape index (κ3) is 4.20. The monoisotopic (exact) mass is 385 g/mol. The van der Waals surface area contributed by atoms with Crippen LogP contribution in [0.3, 0.4) is 0 Å². The van der Waals surface area contributed by atoms with Crippen LogP contribution in [0.25, 0.3) is 17.1 Å². The molecule has 0 spiro atoms. The predicted octanol–water partition coefficient (Wildman–Crippen LogP) is 2.18. The normalized spacial score (nSPS) is 10.5. The molecule has 0 radical (unpaired) electrons. The summed E-state index contributed by atoms with van der Waals surface area (Å²) in [6.45, 7) is 0. The highest BCUT2D eigenvalue weighted by Gasteiger charge is 2.18. The highest BCUT2D eigenvalue weighted by Crippen LogP contribution is 2.32. The molecule has 2 heterocycles. The molecule has 140 valence electrons. The van der Waals surface area contributed by atoms with Crippen molar-refractivity contribution in [2.45, 2.75) is 5.16 Å². The van der Waals surface area contributed by atoms with E-state index in [1.807, 2.05) is 28.8 Å². The van der Waals surface area contributed by atoms with Crippen LogP contribution in [0.4, 0.5) is 0 Å². The van der Waals surface area contributed by atoms with Crippen LogP contribution >= 0.6 is 11.8 Å². The minimum absolute atomic E-state index is 0.0966. The number of ether oxygens (including phenoxy) is 2. The number of pyridine rings is 1. The van der Waals surface area contributed by atoms with E-state index < -0.39 is 0 Å². The summed E-state index contributed by atoms with van der Waals surface area (Å²) in [7, 11) is 4.78. The maximum atomic E-state index is 11.7. The number of hydrogen-bond donors (Lipinski definition) is 1. The van der Waals surface area contributed by atoms with Crippen molar-refractivity contribution < 1.29 is 14.3 Å². The molecule has 0 aliphatic rings. The van der Waals surface area contributed by atoms with Gasteiger partial charge in [0, 0.05) is 43.2 Å². The fourth-order valence-corrected chi connectivity index (χ4v) is 3.23. The van der Waals surface area contributed by atoms with E-state index in [2.05, 4.69) is 20.5 Å². The first-order chi connectivity index (χ1) is 13.2. The molecule has 0 saturated heterocycles. The molecule has 1 N–H and O–H groups in total. The van der Waals surface area contributed by atoms with Crippen LogP contribution in [-0.2, 0) is 4.79 Å². The molecule has 1 amide bonds. The average molecular weight is 385 g/mol. The van der Waals surface area contributed by atoms with Crippen molar-refractivity contribution >= 4 is 17.7 Å². The average Bonchev–Trinajstić information content (AvgIpc) is 3.16. The summed E-state index contributed by atoms with van der Waals surface area (Å²) in [5, 5.41) is 11.8. The van der Waals surface area contributed by atoms with E-state index in [0.29, 0.717) is 22.5 Å². The molecule has 8 nitrogen and oxygen atoms in total. The highest BCUT2D eigenvalue weighted by molar-refractivity contribution is 7.99. The zero-order chi connectivity index (χ0) is 19.2. The van der Waals surface area contributed by atoms with Gasteiger partial charge in [-0.25, -0.2) is 0 Å². The van der Waals surface area contributed by atoms with Crippen molar-refractivity contribution in [2.75, 3.05) is 27.0 Å². The standard InChI is InChI=1S/C18H19N5O3S/c1-19-16(24)11-27-18-22-21-17(12-5-4-6-20-10-12)23(18)13-7-14(25-2)9-15(8-13)26-3/h4-10H,11H2,1-3H3,(H,19,24). The molecule has 9 heteroatoms. The topological polar surface area (TPSA) is 91.2 Å². The van der Waals surface area contributed by atoms with Gasteiger partial charge in [-0.3, -0.25) is 14.3 Å². The van der Waals surface area contributed by atoms with Crippen molar-refractivity contribution in [2.24, 2.45) is 0 Å². The van der Waals surface area contributed by atoms with Gasteiger partial charge in [0.25, 0.3) is 0 Å². The van der Waals surface area contributed by atoms with Gasteiger partial charge >= 0.3 is 0 Å². The Kier molecular flexibility index (Phi) is 5.92. The molecule has 0 bridgehead atoms. The number of aromatic nitrogens is 4. The Morgan fingerprint density at radius 1 is 1.19 bits per heavy atom. The Morgan fingerprint density at radius 3 is 2.52 bits per heavy atom. The van der Waals surface area contributed by atoms with Gasteiger partial charge in [0.1, 0.15) is 11.5 Å². The molecule has 1 aromatic carbocycles. The minimum Gasteiger partial charge on any atom is -0.497 e. The Morgan fingerprint density at radius 2 is 1.93 bits per heavy atom. The van der Waals surface area contributed by atoms with Crippen LogP contribution in [-0.4, -0.2) is 52.7 Å². The third-order valence-electron chi connectivity index (χ3n) is 3.76. The highest BCUT2D eigenvalue weighted by atomic mass is 32.2. The van der Waals surface area contributed by atoms with Crippen molar-refractivity contribution in [1.82, 2.24) is 25.1 Å². The number of hydrogen-bond acceptors (Lipinski definition) is 7. The molecule has 3 aromatic rings. The van der Waals surface area contributed by atoms with Gasteiger partial charge < -0.3 is 14.8 Å². The van der Waals surface area contributed by atoms with E-state index in [1.165, 1.54) is 11.8 Å². The zero-order valence-corrected chi connectivity index (χ0v) is 16.0. The first kappa shape index (κ1) is 18.7. The number of amides is 1. The maximum Gasteiger partial charge on any atom is 0.230 e. The number of carbonyl (C=O) groups excluding carboxylic acids is 1. The molecule has 0 fully saturated rings. The lowest BCUT2D eigenvalue weighted by Gasteiger charge is -2.13. The first-order valence-electron chi connectivity index (χ1n) is 8.09. The number of nitrogens with zero attached hydrogens (tertiary/aromatic N) is 4. The van der Waals surface area contributed by atoms with E-state index in [-0.39, 0.29) is 11.7 Å². The second-order valence-corrected chi connectivity index (χ2v) is 6.36. The lowest BCUT2D eigenvalue weighted by atomic mass is 10.2. The van der Waals surface area contributed by atoms with Crippen LogP contribution < -0.4 is 14.8 Å². The van der Waals surface area contributed by atoms with Crippen LogP contribution in [0.2, 0.25) is 0 Å². The molecule has 0 atom stereocenters.